The number of nitrogens with one attached hydrogen (secondary N) is 1. The van der Waals surface area contributed by atoms with Crippen molar-refractivity contribution in [2.24, 2.45) is 0 Å². The van der Waals surface area contributed by atoms with Crippen molar-refractivity contribution in [3.63, 3.8) is 0 Å². The van der Waals surface area contributed by atoms with Crippen LogP contribution >= 0.6 is 0 Å². The first kappa shape index (κ1) is 8.99. The molecule has 0 spiro atoms. The van der Waals surface area contributed by atoms with Gasteiger partial charge in [0.25, 0.3) is 0 Å². The smallest absolute Gasteiger partial charge is 0.321 e. The Labute approximate surface area is 71.8 Å². The molecule has 0 bridgehead atoms. The van der Waals surface area contributed by atoms with E-state index in [0.717, 1.165) is 13.1 Å². The summed E-state index contributed by atoms with van der Waals surface area (Å²) in [5.41, 5.74) is 0. The number of hydrogen-bond acceptors (Lipinski definition) is 5. The Bertz CT molecular complexity index is 233. The maximum absolute atomic E-state index is 4.86. The largest absolute Gasteiger partial charge is 0.336 e. The van der Waals surface area contributed by atoms with E-state index in [2.05, 4.69) is 20.4 Å². The molecule has 1 heterocycles. The molecule has 0 saturated carbocycles. The van der Waals surface area contributed by atoms with Gasteiger partial charge in [0.05, 0.1) is 0 Å². The van der Waals surface area contributed by atoms with Crippen LogP contribution < -0.4 is 5.32 Å². The third-order valence-electron chi connectivity index (χ3n) is 1.36. The standard InChI is InChI=1S/C7H14N4O/c1-6-9-7(12-10-6)8-4-5-11(2)3/h4-5H2,1-3H3,(H,8,9,10). The fourth-order valence-electron chi connectivity index (χ4n) is 0.755. The van der Waals surface area contributed by atoms with Gasteiger partial charge in [0.2, 0.25) is 0 Å². The van der Waals surface area contributed by atoms with Gasteiger partial charge in [-0.2, -0.15) is 4.98 Å². The lowest BCUT2D eigenvalue weighted by Crippen LogP contribution is -2.20. The first-order chi connectivity index (χ1) is 5.68. The van der Waals surface area contributed by atoms with Gasteiger partial charge < -0.3 is 14.7 Å². The zero-order valence-electron chi connectivity index (χ0n) is 7.66. The molecule has 0 amide bonds. The van der Waals surface area contributed by atoms with Crippen molar-refractivity contribution in [2.75, 3.05) is 32.5 Å². The molecule has 0 atom stereocenters. The van der Waals surface area contributed by atoms with Crippen molar-refractivity contribution in [3.05, 3.63) is 5.82 Å². The Kier molecular flexibility index (Phi) is 3.04. The number of nitrogens with zero attached hydrogens (tertiary/aromatic N) is 3. The lowest BCUT2D eigenvalue weighted by molar-refractivity contribution is 0.407. The van der Waals surface area contributed by atoms with Crippen molar-refractivity contribution >= 4 is 6.01 Å². The quantitative estimate of drug-likeness (QED) is 0.706. The summed E-state index contributed by atoms with van der Waals surface area (Å²) >= 11 is 0. The number of aromatic nitrogens is 2. The van der Waals surface area contributed by atoms with E-state index in [9.17, 15) is 0 Å². The average molecular weight is 170 g/mol. The molecule has 0 aliphatic heterocycles. The number of aryl methyl sites for hydroxylation is 1. The zero-order valence-corrected chi connectivity index (χ0v) is 7.66. The van der Waals surface area contributed by atoms with Gasteiger partial charge in [0.1, 0.15) is 0 Å². The predicted octanol–water partition coefficient (Wildman–Crippen LogP) is 0.352. The first-order valence-corrected chi connectivity index (χ1v) is 3.87. The molecule has 5 nitrogen and oxygen atoms in total. The van der Waals surface area contributed by atoms with Crippen molar-refractivity contribution in [2.45, 2.75) is 6.92 Å². The molecule has 0 radical (unpaired) electrons. The van der Waals surface area contributed by atoms with E-state index >= 15 is 0 Å². The predicted molar refractivity (Wildman–Crippen MR) is 46.1 cm³/mol. The molecule has 1 aromatic rings. The van der Waals surface area contributed by atoms with Gasteiger partial charge in [0.15, 0.2) is 5.82 Å². The van der Waals surface area contributed by atoms with E-state index in [-0.39, 0.29) is 0 Å². The zero-order chi connectivity index (χ0) is 8.97. The lowest BCUT2D eigenvalue weighted by Gasteiger charge is -2.07. The topological polar surface area (TPSA) is 54.2 Å². The van der Waals surface area contributed by atoms with E-state index in [1.165, 1.54) is 0 Å². The highest BCUT2D eigenvalue weighted by Gasteiger charge is 1.99. The number of anilines is 1. The summed E-state index contributed by atoms with van der Waals surface area (Å²) in [5.74, 6) is 0.655. The monoisotopic (exact) mass is 170 g/mol. The van der Waals surface area contributed by atoms with Crippen LogP contribution in [0.3, 0.4) is 0 Å². The third kappa shape index (κ3) is 2.87. The van der Waals surface area contributed by atoms with E-state index < -0.39 is 0 Å². The van der Waals surface area contributed by atoms with Gasteiger partial charge in [-0.3, -0.25) is 0 Å². The molecule has 12 heavy (non-hydrogen) atoms. The van der Waals surface area contributed by atoms with Crippen LogP contribution in [0.15, 0.2) is 4.52 Å². The fourth-order valence-corrected chi connectivity index (χ4v) is 0.755. The van der Waals surface area contributed by atoms with Crippen molar-refractivity contribution in [3.8, 4) is 0 Å². The minimum absolute atomic E-state index is 0.495. The van der Waals surface area contributed by atoms with Gasteiger partial charge in [-0.05, 0) is 21.0 Å². The summed E-state index contributed by atoms with van der Waals surface area (Å²) in [4.78, 5) is 6.08. The van der Waals surface area contributed by atoms with Crippen LogP contribution in [0.5, 0.6) is 0 Å². The molecular formula is C7H14N4O. The second-order valence-corrected chi connectivity index (χ2v) is 2.88. The van der Waals surface area contributed by atoms with Crippen LogP contribution in [0, 0.1) is 6.92 Å². The first-order valence-electron chi connectivity index (χ1n) is 3.87. The van der Waals surface area contributed by atoms with Gasteiger partial charge in [-0.1, -0.05) is 5.16 Å². The molecule has 0 unspecified atom stereocenters. The summed E-state index contributed by atoms with van der Waals surface area (Å²) in [6, 6.07) is 0.495. The molecule has 1 rings (SSSR count). The SMILES string of the molecule is Cc1noc(NCCN(C)C)n1. The molecule has 1 aromatic heterocycles. The highest BCUT2D eigenvalue weighted by atomic mass is 16.5. The number of hydrogen-bond donors (Lipinski definition) is 1. The fraction of sp³-hybridized carbons (Fsp3) is 0.714. The number of likely N-dealkylation sites (N-methyl/N-ethyl adjacent to an activating group) is 1. The van der Waals surface area contributed by atoms with Crippen LogP contribution in [0.4, 0.5) is 6.01 Å². The number of rotatable bonds is 4. The maximum atomic E-state index is 4.86. The maximum Gasteiger partial charge on any atom is 0.321 e. The van der Waals surface area contributed by atoms with E-state index in [1.54, 1.807) is 6.92 Å². The Morgan fingerprint density at radius 3 is 2.75 bits per heavy atom. The summed E-state index contributed by atoms with van der Waals surface area (Å²) in [7, 11) is 4.03. The van der Waals surface area contributed by atoms with Crippen LogP contribution in [-0.2, 0) is 0 Å². The Balaban J connectivity index is 2.24. The normalized spacial score (nSPS) is 10.7. The molecule has 0 aromatic carbocycles. The van der Waals surface area contributed by atoms with Crippen LogP contribution in [0.25, 0.3) is 0 Å². The highest BCUT2D eigenvalue weighted by molar-refractivity contribution is 5.17. The second-order valence-electron chi connectivity index (χ2n) is 2.88. The lowest BCUT2D eigenvalue weighted by atomic mass is 10.6. The summed E-state index contributed by atoms with van der Waals surface area (Å²) in [5, 5.41) is 6.67. The van der Waals surface area contributed by atoms with Crippen molar-refractivity contribution in [1.82, 2.24) is 15.0 Å². The van der Waals surface area contributed by atoms with Crippen LogP contribution in [0.2, 0.25) is 0 Å². The summed E-state index contributed by atoms with van der Waals surface area (Å²) in [6.07, 6.45) is 0. The van der Waals surface area contributed by atoms with Gasteiger partial charge >= 0.3 is 6.01 Å². The molecule has 0 fully saturated rings. The molecule has 0 aliphatic rings. The molecule has 68 valence electrons. The molecular weight excluding hydrogens is 156 g/mol. The second kappa shape index (κ2) is 4.06. The Morgan fingerprint density at radius 1 is 1.50 bits per heavy atom. The highest BCUT2D eigenvalue weighted by Crippen LogP contribution is 2.00. The minimum Gasteiger partial charge on any atom is -0.336 e. The Morgan fingerprint density at radius 2 is 2.25 bits per heavy atom. The van der Waals surface area contributed by atoms with E-state index in [0.29, 0.717) is 11.8 Å². The van der Waals surface area contributed by atoms with E-state index in [4.69, 9.17) is 4.52 Å². The van der Waals surface area contributed by atoms with Gasteiger partial charge in [-0.25, -0.2) is 0 Å². The minimum atomic E-state index is 0.495. The van der Waals surface area contributed by atoms with E-state index in [1.807, 2.05) is 14.1 Å². The van der Waals surface area contributed by atoms with Crippen molar-refractivity contribution in [1.29, 1.82) is 0 Å². The van der Waals surface area contributed by atoms with Gasteiger partial charge in [0, 0.05) is 13.1 Å². The third-order valence-corrected chi connectivity index (χ3v) is 1.36. The van der Waals surface area contributed by atoms with Gasteiger partial charge in [-0.15, -0.1) is 0 Å². The van der Waals surface area contributed by atoms with Crippen molar-refractivity contribution < 1.29 is 4.52 Å². The molecule has 0 saturated heterocycles. The average Bonchev–Trinajstić information content (AvgIpc) is 2.35. The molecule has 0 aliphatic carbocycles. The Hall–Kier alpha value is -1.10. The van der Waals surface area contributed by atoms with Crippen LogP contribution in [-0.4, -0.2) is 42.2 Å². The summed E-state index contributed by atoms with van der Waals surface area (Å²) in [6.45, 7) is 3.55. The molecule has 5 heteroatoms. The van der Waals surface area contributed by atoms with Crippen LogP contribution in [0.1, 0.15) is 5.82 Å². The summed E-state index contributed by atoms with van der Waals surface area (Å²) < 4.78 is 4.86. The molecule has 1 N–H and O–H groups in total.